The highest BCUT2D eigenvalue weighted by Crippen LogP contribution is 2.18. The van der Waals surface area contributed by atoms with Crippen LogP contribution in [0.15, 0.2) is 29.6 Å². The highest BCUT2D eigenvalue weighted by Gasteiger charge is 2.11. The van der Waals surface area contributed by atoms with Crippen molar-refractivity contribution < 1.29 is 4.79 Å². The molecule has 0 aliphatic heterocycles. The predicted molar refractivity (Wildman–Crippen MR) is 75.3 cm³/mol. The van der Waals surface area contributed by atoms with Crippen LogP contribution in [0.1, 0.15) is 41.4 Å². The van der Waals surface area contributed by atoms with Crippen molar-refractivity contribution in [2.45, 2.75) is 26.7 Å². The second-order valence-electron chi connectivity index (χ2n) is 4.54. The summed E-state index contributed by atoms with van der Waals surface area (Å²) in [5.41, 5.74) is 3.50. The highest BCUT2D eigenvalue weighted by molar-refractivity contribution is 7.04. The summed E-state index contributed by atoms with van der Waals surface area (Å²) in [6, 6.07) is 7.95. The monoisotopic (exact) mass is 260 g/mol. The summed E-state index contributed by atoms with van der Waals surface area (Å²) in [5.74, 6) is 0.400. The number of nitrogens with one attached hydrogen (secondary N) is 1. The fourth-order valence-electron chi connectivity index (χ4n) is 1.66. The summed E-state index contributed by atoms with van der Waals surface area (Å²) in [6.07, 6.45) is 0. The minimum Gasteiger partial charge on any atom is -0.322 e. The van der Waals surface area contributed by atoms with Crippen LogP contribution in [-0.2, 0) is 0 Å². The van der Waals surface area contributed by atoms with Crippen LogP contribution >= 0.6 is 11.5 Å². The number of carbonyl (C=O) groups is 1. The van der Waals surface area contributed by atoms with Crippen molar-refractivity contribution in [2.24, 2.45) is 0 Å². The predicted octanol–water partition coefficient (Wildman–Crippen LogP) is 3.83. The zero-order valence-electron chi connectivity index (χ0n) is 10.7. The number of carbonyl (C=O) groups excluding carboxylic acids is 1. The lowest BCUT2D eigenvalue weighted by Crippen LogP contribution is -2.12. The first-order valence-electron chi connectivity index (χ1n) is 5.90. The van der Waals surface area contributed by atoms with Gasteiger partial charge in [-0.05, 0) is 42.1 Å². The van der Waals surface area contributed by atoms with E-state index in [1.165, 1.54) is 17.1 Å². The van der Waals surface area contributed by atoms with Crippen molar-refractivity contribution in [3.63, 3.8) is 0 Å². The Morgan fingerprint density at radius 3 is 2.44 bits per heavy atom. The Kier molecular flexibility index (Phi) is 3.77. The van der Waals surface area contributed by atoms with Gasteiger partial charge in [0, 0.05) is 11.1 Å². The van der Waals surface area contributed by atoms with Gasteiger partial charge in [-0.2, -0.15) is 4.37 Å². The number of nitrogens with zero attached hydrogens (tertiary/aromatic N) is 1. The van der Waals surface area contributed by atoms with Crippen LogP contribution in [0.5, 0.6) is 0 Å². The maximum absolute atomic E-state index is 12.0. The number of hydrogen-bond acceptors (Lipinski definition) is 3. The van der Waals surface area contributed by atoms with Gasteiger partial charge < -0.3 is 5.32 Å². The number of aromatic nitrogens is 1. The van der Waals surface area contributed by atoms with E-state index < -0.39 is 0 Å². The molecule has 4 heteroatoms. The van der Waals surface area contributed by atoms with Crippen molar-refractivity contribution in [1.29, 1.82) is 0 Å². The molecule has 0 atom stereocenters. The largest absolute Gasteiger partial charge is 0.322 e. The molecule has 2 aromatic rings. The number of benzene rings is 1. The van der Waals surface area contributed by atoms with Gasteiger partial charge in [0.1, 0.15) is 0 Å². The van der Waals surface area contributed by atoms with Gasteiger partial charge in [-0.1, -0.05) is 26.0 Å². The van der Waals surface area contributed by atoms with E-state index in [0.717, 1.165) is 11.4 Å². The van der Waals surface area contributed by atoms with Crippen LogP contribution in [-0.4, -0.2) is 10.3 Å². The molecule has 1 N–H and O–H groups in total. The Balaban J connectivity index is 2.10. The van der Waals surface area contributed by atoms with E-state index in [4.69, 9.17) is 0 Å². The lowest BCUT2D eigenvalue weighted by Gasteiger charge is -2.08. The zero-order chi connectivity index (χ0) is 13.1. The summed E-state index contributed by atoms with van der Waals surface area (Å²) in [6.45, 7) is 6.13. The quantitative estimate of drug-likeness (QED) is 0.911. The number of aryl methyl sites for hydroxylation is 1. The van der Waals surface area contributed by atoms with E-state index >= 15 is 0 Å². The van der Waals surface area contributed by atoms with Gasteiger partial charge in [0.2, 0.25) is 0 Å². The van der Waals surface area contributed by atoms with Gasteiger partial charge in [-0.3, -0.25) is 4.79 Å². The smallest absolute Gasteiger partial charge is 0.258 e. The number of amides is 1. The van der Waals surface area contributed by atoms with Crippen LogP contribution < -0.4 is 5.32 Å². The van der Waals surface area contributed by atoms with Crippen LogP contribution in [0, 0.1) is 6.92 Å². The average Bonchev–Trinajstić information content (AvgIpc) is 2.76. The summed E-state index contributed by atoms with van der Waals surface area (Å²) in [4.78, 5) is 12.0. The third-order valence-corrected chi connectivity index (χ3v) is 3.55. The molecular weight excluding hydrogens is 244 g/mol. The minimum atomic E-state index is -0.0986. The summed E-state index contributed by atoms with van der Waals surface area (Å²) < 4.78 is 4.10. The summed E-state index contributed by atoms with van der Waals surface area (Å²) in [7, 11) is 0. The molecule has 0 fully saturated rings. The van der Waals surface area contributed by atoms with Crippen LogP contribution in [0.3, 0.4) is 0 Å². The van der Waals surface area contributed by atoms with E-state index in [1.54, 1.807) is 5.38 Å². The first-order valence-corrected chi connectivity index (χ1v) is 6.74. The van der Waals surface area contributed by atoms with Crippen molar-refractivity contribution in [3.8, 4) is 0 Å². The first kappa shape index (κ1) is 12.8. The molecule has 1 heterocycles. The lowest BCUT2D eigenvalue weighted by molar-refractivity contribution is 0.102. The standard InChI is InChI=1S/C14H16N2OS/c1-9(2)11-4-6-12(7-5-11)15-14(17)13-8-18-16-10(13)3/h4-9H,1-3H3,(H,15,17). The van der Waals surface area contributed by atoms with E-state index in [1.807, 2.05) is 31.2 Å². The Labute approximate surface area is 111 Å². The fraction of sp³-hybridized carbons (Fsp3) is 0.286. The molecule has 18 heavy (non-hydrogen) atoms. The van der Waals surface area contributed by atoms with Crippen LogP contribution in [0.25, 0.3) is 0 Å². The molecule has 3 nitrogen and oxygen atoms in total. The molecule has 0 radical (unpaired) electrons. The summed E-state index contributed by atoms with van der Waals surface area (Å²) in [5, 5.41) is 4.65. The molecule has 2 rings (SSSR count). The van der Waals surface area contributed by atoms with Gasteiger partial charge in [0.15, 0.2) is 0 Å². The Morgan fingerprint density at radius 1 is 1.28 bits per heavy atom. The van der Waals surface area contributed by atoms with E-state index in [9.17, 15) is 4.79 Å². The minimum absolute atomic E-state index is 0.0986. The van der Waals surface area contributed by atoms with Gasteiger partial charge in [0.05, 0.1) is 11.3 Å². The zero-order valence-corrected chi connectivity index (χ0v) is 11.5. The molecule has 0 unspecified atom stereocenters. The van der Waals surface area contributed by atoms with Crippen molar-refractivity contribution in [3.05, 3.63) is 46.5 Å². The molecule has 0 bridgehead atoms. The number of anilines is 1. The van der Waals surface area contributed by atoms with Gasteiger partial charge in [-0.25, -0.2) is 0 Å². The summed E-state index contributed by atoms with van der Waals surface area (Å²) >= 11 is 1.30. The SMILES string of the molecule is Cc1nscc1C(=O)Nc1ccc(C(C)C)cc1. The molecule has 1 aromatic heterocycles. The Hall–Kier alpha value is -1.68. The topological polar surface area (TPSA) is 42.0 Å². The van der Waals surface area contributed by atoms with Crippen molar-refractivity contribution in [2.75, 3.05) is 5.32 Å². The van der Waals surface area contributed by atoms with Crippen LogP contribution in [0.4, 0.5) is 5.69 Å². The molecule has 0 spiro atoms. The number of hydrogen-bond donors (Lipinski definition) is 1. The maximum atomic E-state index is 12.0. The van der Waals surface area contributed by atoms with Crippen LogP contribution in [0.2, 0.25) is 0 Å². The molecule has 94 valence electrons. The van der Waals surface area contributed by atoms with Gasteiger partial charge in [0.25, 0.3) is 5.91 Å². The van der Waals surface area contributed by atoms with Gasteiger partial charge >= 0.3 is 0 Å². The van der Waals surface area contributed by atoms with Gasteiger partial charge in [-0.15, -0.1) is 0 Å². The Morgan fingerprint density at radius 2 is 1.94 bits per heavy atom. The molecule has 0 saturated heterocycles. The fourth-order valence-corrected chi connectivity index (χ4v) is 2.35. The third kappa shape index (κ3) is 2.76. The molecule has 1 aromatic carbocycles. The number of rotatable bonds is 3. The molecular formula is C14H16N2OS. The van der Waals surface area contributed by atoms with E-state index in [-0.39, 0.29) is 5.91 Å². The second-order valence-corrected chi connectivity index (χ2v) is 5.17. The van der Waals surface area contributed by atoms with E-state index in [0.29, 0.717) is 11.5 Å². The second kappa shape index (κ2) is 5.31. The van der Waals surface area contributed by atoms with Crippen molar-refractivity contribution in [1.82, 2.24) is 4.37 Å². The molecule has 0 saturated carbocycles. The normalized spacial score (nSPS) is 10.7. The average molecular weight is 260 g/mol. The first-order chi connectivity index (χ1) is 8.58. The molecule has 1 amide bonds. The Bertz CT molecular complexity index is 543. The third-order valence-electron chi connectivity index (χ3n) is 2.83. The van der Waals surface area contributed by atoms with E-state index in [2.05, 4.69) is 23.5 Å². The molecule has 0 aliphatic carbocycles. The molecule has 0 aliphatic rings. The van der Waals surface area contributed by atoms with Crippen molar-refractivity contribution >= 4 is 23.1 Å². The maximum Gasteiger partial charge on any atom is 0.258 e. The lowest BCUT2D eigenvalue weighted by atomic mass is 10.0. The highest BCUT2D eigenvalue weighted by atomic mass is 32.1.